The van der Waals surface area contributed by atoms with Crippen molar-refractivity contribution in [3.63, 3.8) is 0 Å². The molecule has 0 saturated carbocycles. The maximum atomic E-state index is 14.9. The molecule has 36 N–H and O–H groups in total. The number of nitrogens with two attached hydrogens (primary N) is 5. The van der Waals surface area contributed by atoms with E-state index in [0.29, 0.717) is 47.8 Å². The molecule has 3 aromatic rings. The van der Waals surface area contributed by atoms with Crippen molar-refractivity contribution in [2.75, 3.05) is 51.6 Å². The van der Waals surface area contributed by atoms with Gasteiger partial charge < -0.3 is 160 Å². The molecule has 50 nitrogen and oxygen atoms in total. The minimum atomic E-state index is -1.96. The normalized spacial score (nSPS) is 16.0. The Bertz CT molecular complexity index is 4640. The van der Waals surface area contributed by atoms with Gasteiger partial charge in [0.15, 0.2) is 11.9 Å². The van der Waals surface area contributed by atoms with Gasteiger partial charge in [-0.2, -0.15) is 12.6 Å². The van der Waals surface area contributed by atoms with Gasteiger partial charge in [-0.25, -0.2) is 4.79 Å². The van der Waals surface area contributed by atoms with E-state index in [1.807, 2.05) is 0 Å². The Kier molecular flexibility index (Phi) is 50.8. The molecule has 18 atom stereocenters. The number of nitrogens with zero attached hydrogens (tertiary/aromatic N) is 1. The molecule has 1 saturated heterocycles. The second-order valence-corrected chi connectivity index (χ2v) is 34.9. The summed E-state index contributed by atoms with van der Waals surface area (Å²) in [6.45, 7) is 9.96. The summed E-state index contributed by atoms with van der Waals surface area (Å²) in [7, 11) is 0. The Labute approximate surface area is 803 Å². The fourth-order valence-corrected chi connectivity index (χ4v) is 14.8. The number of aliphatic carboxylic acids is 2. The summed E-state index contributed by atoms with van der Waals surface area (Å²) >= 11 is 4.23. The number of para-hydroxylation sites is 1. The highest BCUT2D eigenvalue weighted by Gasteiger charge is 2.43. The lowest BCUT2D eigenvalue weighted by molar-refractivity contribution is -0.145. The van der Waals surface area contributed by atoms with Crippen molar-refractivity contribution in [1.29, 1.82) is 10.8 Å². The quantitative estimate of drug-likeness (QED) is 0.0108. The molecule has 2 aromatic carbocycles. The number of carbonyl (C=O) groups excluding carboxylic acids is 16. The Morgan fingerprint density at radius 3 is 1.38 bits per heavy atom. The predicted molar refractivity (Wildman–Crippen MR) is 505 cm³/mol. The number of hydrogen-bond donors (Lipinski definition) is 32. The van der Waals surface area contributed by atoms with E-state index in [1.54, 1.807) is 52.0 Å². The van der Waals surface area contributed by atoms with Crippen molar-refractivity contribution >= 4 is 142 Å². The lowest BCUT2D eigenvalue weighted by Gasteiger charge is -2.31. The number of likely N-dealkylation sites (tertiary alicyclic amines) is 1. The Morgan fingerprint density at radius 2 is 0.891 bits per heavy atom. The van der Waals surface area contributed by atoms with Crippen molar-refractivity contribution < 1.29 is 117 Å². The highest BCUT2D eigenvalue weighted by molar-refractivity contribution is 7.80. The minimum Gasteiger partial charge on any atom is -0.508 e. The Balaban J connectivity index is 1.52. The Hall–Kier alpha value is -13.1. The van der Waals surface area contributed by atoms with Crippen LogP contribution in [-0.4, -0.2) is 319 Å². The SMILES string of the molecule is CC(C)C[C@H](NC(=O)[C@@H](NC(=O)[C@H](Cc1c[nH]c2ccccc12)NC(=O)[C@@H](NC(=O)[C@H](CCCNC(=N)N)NC(=O)CNC(=O)[C@H](CCCCN)NC(=O)[C@@H](NC(=O)[C@H](CCCNC(=N)N)NC(=O)[C@H](CCCCN)NC(=O)[C@H](C)N)C(C)C)[C@@H](C)O)[C@@H](C)O)C(=O)N[C@@H](CS)C(=O)NCC(=O)N[C@H](C(=O)N1CCC[C@H]1C(=O)N[C@@H](CCC(=O)O)C(=O)N[C@@H](Cc1ccc(O)cc1)C(=O)O)[C@@H](C)O. The van der Waals surface area contributed by atoms with Crippen molar-refractivity contribution in [3.8, 4) is 5.75 Å². The van der Waals surface area contributed by atoms with E-state index in [1.165, 1.54) is 37.4 Å². The van der Waals surface area contributed by atoms with Crippen LogP contribution in [-0.2, 0) is 99.1 Å². The number of carboxylic acids is 2. The number of fused-ring (bicyclic) bond motifs is 1. The van der Waals surface area contributed by atoms with E-state index < -0.39 is 265 Å². The maximum absolute atomic E-state index is 14.9. The minimum absolute atomic E-state index is 0.00277. The van der Waals surface area contributed by atoms with Gasteiger partial charge in [0.1, 0.15) is 90.3 Å². The molecule has 0 aliphatic carbocycles. The lowest BCUT2D eigenvalue weighted by atomic mass is 10.0. The number of phenols is 1. The van der Waals surface area contributed by atoms with Gasteiger partial charge in [0, 0.05) is 61.7 Å². The van der Waals surface area contributed by atoms with Crippen LogP contribution in [0.25, 0.3) is 10.9 Å². The molecule has 0 bridgehead atoms. The largest absolute Gasteiger partial charge is 0.508 e. The summed E-state index contributed by atoms with van der Waals surface area (Å²) in [5.41, 5.74) is 29.6. The number of amides is 16. The van der Waals surface area contributed by atoms with Crippen LogP contribution in [0.5, 0.6) is 5.75 Å². The molecule has 1 aliphatic heterocycles. The van der Waals surface area contributed by atoms with E-state index in [9.17, 15) is 117 Å². The molecule has 1 aromatic heterocycles. The first kappa shape index (κ1) is 117. The molecular weight excluding hydrogens is 1830 g/mol. The molecule has 2 heterocycles. The smallest absolute Gasteiger partial charge is 0.326 e. The molecule has 16 amide bonds. The summed E-state index contributed by atoms with van der Waals surface area (Å²) in [5, 5.41) is 121. The zero-order valence-corrected chi connectivity index (χ0v) is 79.6. The van der Waals surface area contributed by atoms with Crippen molar-refractivity contribution in [2.24, 2.45) is 40.5 Å². The molecule has 138 heavy (non-hydrogen) atoms. The van der Waals surface area contributed by atoms with Crippen LogP contribution in [0.15, 0.2) is 54.7 Å². The van der Waals surface area contributed by atoms with Crippen LogP contribution >= 0.6 is 12.6 Å². The average Bonchev–Trinajstić information content (AvgIpc) is 1.65. The van der Waals surface area contributed by atoms with Crippen LogP contribution < -0.4 is 119 Å². The summed E-state index contributed by atoms with van der Waals surface area (Å²) in [4.78, 5) is 254. The number of aromatic nitrogens is 1. The molecule has 0 unspecified atom stereocenters. The highest BCUT2D eigenvalue weighted by Crippen LogP contribution is 2.23. The predicted octanol–water partition coefficient (Wildman–Crippen LogP) is -7.96. The summed E-state index contributed by atoms with van der Waals surface area (Å²) in [6.07, 6.45) is -4.09. The van der Waals surface area contributed by atoms with Crippen LogP contribution in [0.1, 0.15) is 163 Å². The fourth-order valence-electron chi connectivity index (χ4n) is 14.6. The number of benzene rings is 2. The highest BCUT2D eigenvalue weighted by atomic mass is 32.1. The maximum Gasteiger partial charge on any atom is 0.326 e. The van der Waals surface area contributed by atoms with Crippen LogP contribution in [0, 0.1) is 22.7 Å². The van der Waals surface area contributed by atoms with Gasteiger partial charge in [-0.3, -0.25) is 92.3 Å². The zero-order chi connectivity index (χ0) is 103. The average molecular weight is 1970 g/mol. The molecule has 51 heteroatoms. The number of nitrogens with one attached hydrogen (secondary N) is 20. The monoisotopic (exact) mass is 1970 g/mol. The third-order valence-electron chi connectivity index (χ3n) is 22.1. The number of carboxylic acid groups (broad SMARTS) is 2. The standard InChI is InChI=1S/C87H140N26O24S/c1-43(2)36-59(78(129)108-62(42-138)73(124)99-41-65(119)109-70(48(8)116)84(135)113-35-17-24-63(113)80(131)103-58(29-30-66(120)121)75(126)107-61(85(136)137)37-49-25-27-51(117)28-26-49)105-82(133)69(47(7)115)112-79(130)60(38-50-39-97-53-19-10-9-18-52(50)53)106-83(134)68(46(6)114)111-76(127)55(22-15-33-95-86(91)92)100-64(118)40-98-72(123)54(20-11-13-31-88)104-81(132)67(44(3)4)110-77(128)57(23-16-34-96-87(93)94)102-74(125)56(21-12-14-32-89)101-71(122)45(5)90/h9-10,18-19,25-28,39,43-48,54-63,67-70,97,114-117,138H,11-17,20-24,29-38,40-42,88-90H2,1-8H3,(H,98,123)(H,99,124)(H,100,118)(H,101,122)(H,102,125)(H,103,131)(H,104,132)(H,105,133)(H,106,134)(H,107,126)(H,108,129)(H,109,119)(H,110,128)(H,111,127)(H,112,130)(H,120,121)(H,136,137)(H4,91,92,95)(H4,93,94,96)/t45-,46+,47+,48+,54-,55-,56-,57-,58-,59-,60-,61-,62-,63-,67-,68-,69-,70-/m0/s1. The zero-order valence-electron chi connectivity index (χ0n) is 78.7. The van der Waals surface area contributed by atoms with Gasteiger partial charge >= 0.3 is 11.9 Å². The van der Waals surface area contributed by atoms with E-state index in [2.05, 4.69) is 108 Å². The third-order valence-corrected chi connectivity index (χ3v) is 22.5. The van der Waals surface area contributed by atoms with Crippen LogP contribution in [0.3, 0.4) is 0 Å². The fraction of sp³-hybridized carbons (Fsp3) is 0.609. The number of guanidine groups is 2. The summed E-state index contributed by atoms with van der Waals surface area (Å²) in [5.74, 6) is -21.1. The lowest BCUT2D eigenvalue weighted by Crippen LogP contribution is -2.63. The molecular formula is C87H140N26O24S. The first-order valence-electron chi connectivity index (χ1n) is 45.6. The number of carbonyl (C=O) groups is 18. The van der Waals surface area contributed by atoms with Gasteiger partial charge in [0.25, 0.3) is 0 Å². The number of hydrogen-bond acceptors (Lipinski definition) is 28. The van der Waals surface area contributed by atoms with Gasteiger partial charge in [-0.1, -0.05) is 58.0 Å². The van der Waals surface area contributed by atoms with Crippen LogP contribution in [0.4, 0.5) is 0 Å². The molecule has 0 radical (unpaired) electrons. The number of aromatic amines is 1. The number of rotatable bonds is 62. The van der Waals surface area contributed by atoms with Gasteiger partial charge in [-0.05, 0) is 172 Å². The molecule has 1 fully saturated rings. The van der Waals surface area contributed by atoms with Gasteiger partial charge in [0.05, 0.1) is 37.4 Å². The van der Waals surface area contributed by atoms with E-state index >= 15 is 0 Å². The van der Waals surface area contributed by atoms with E-state index in [-0.39, 0.29) is 115 Å². The number of aliphatic hydroxyl groups excluding tert-OH is 3. The second-order valence-electron chi connectivity index (χ2n) is 34.5. The second kappa shape index (κ2) is 59.8. The molecule has 1 aliphatic rings. The molecule has 0 spiro atoms. The number of unbranched alkanes of at least 4 members (excludes halogenated alkanes) is 2. The van der Waals surface area contributed by atoms with E-state index in [0.717, 1.165) is 25.7 Å². The first-order valence-corrected chi connectivity index (χ1v) is 46.3. The summed E-state index contributed by atoms with van der Waals surface area (Å²) in [6, 6.07) is -10.8. The number of aliphatic hydroxyl groups is 3. The van der Waals surface area contributed by atoms with Crippen molar-refractivity contribution in [3.05, 3.63) is 65.9 Å². The first-order chi connectivity index (χ1) is 65.1. The van der Waals surface area contributed by atoms with Crippen molar-refractivity contribution in [1.82, 2.24) is 100 Å². The number of phenolic OH excluding ortho intramolecular Hbond substituents is 1. The van der Waals surface area contributed by atoms with Gasteiger partial charge in [-0.15, -0.1) is 0 Å². The van der Waals surface area contributed by atoms with Gasteiger partial charge in [0.2, 0.25) is 94.5 Å². The molecule has 768 valence electrons. The molecule has 4 rings (SSSR count). The third kappa shape index (κ3) is 40.7. The number of H-pyrrole nitrogens is 1. The number of aromatic hydroxyl groups is 1. The van der Waals surface area contributed by atoms with E-state index in [4.69, 9.17) is 39.5 Å². The van der Waals surface area contributed by atoms with Crippen molar-refractivity contribution in [2.45, 2.75) is 273 Å². The van der Waals surface area contributed by atoms with Crippen LogP contribution in [0.2, 0.25) is 0 Å². The Morgan fingerprint density at radius 1 is 0.464 bits per heavy atom. The summed E-state index contributed by atoms with van der Waals surface area (Å²) < 4.78 is 0. The topological polar surface area (TPSA) is 830 Å². The number of thiol groups is 1.